The largest absolute Gasteiger partial charge is 0.455 e. The van der Waals surface area contributed by atoms with Crippen molar-refractivity contribution in [3.63, 3.8) is 0 Å². The molecule has 0 fully saturated rings. The van der Waals surface area contributed by atoms with Crippen LogP contribution in [-0.4, -0.2) is 9.13 Å². The summed E-state index contributed by atoms with van der Waals surface area (Å²) in [5.41, 5.74) is 15.0. The van der Waals surface area contributed by atoms with Gasteiger partial charge < -0.3 is 13.6 Å². The average Bonchev–Trinajstić information content (AvgIpc) is 3.39. The Balaban J connectivity index is 1.11. The van der Waals surface area contributed by atoms with Crippen molar-refractivity contribution in [2.45, 2.75) is 0 Å². The number of aromatic nitrogens is 2. The molecule has 5 aromatic heterocycles. The van der Waals surface area contributed by atoms with Gasteiger partial charge in [-0.05, 0) is 70.3 Å². The van der Waals surface area contributed by atoms with Crippen LogP contribution in [0.25, 0.3) is 162 Å². The van der Waals surface area contributed by atoms with Crippen LogP contribution in [0.1, 0.15) is 11.1 Å². The maximum absolute atomic E-state index is 12.4. The van der Waals surface area contributed by atoms with Crippen molar-refractivity contribution in [2.75, 3.05) is 0 Å². The van der Waals surface area contributed by atoms with Gasteiger partial charge in [0.2, 0.25) is 0 Å². The molecule has 0 bridgehead atoms. The maximum atomic E-state index is 12.4. The van der Waals surface area contributed by atoms with Crippen molar-refractivity contribution in [1.82, 2.24) is 9.13 Å². The van der Waals surface area contributed by atoms with Crippen molar-refractivity contribution >= 4 is 129 Å². The molecule has 81 heavy (non-hydrogen) atoms. The number of nitriles is 2. The Morgan fingerprint density at radius 1 is 0.346 bits per heavy atom. The molecule has 0 saturated heterocycles. The van der Waals surface area contributed by atoms with Crippen LogP contribution >= 0.6 is 22.7 Å². The lowest BCUT2D eigenvalue weighted by molar-refractivity contribution is 0.670. The van der Waals surface area contributed by atoms with Gasteiger partial charge in [-0.2, -0.15) is 10.5 Å². The second kappa shape index (κ2) is 17.5. The van der Waals surface area contributed by atoms with Gasteiger partial charge >= 0.3 is 0 Å². The maximum Gasteiger partial charge on any atom is 0.143 e. The van der Waals surface area contributed by atoms with Crippen LogP contribution in [0.3, 0.4) is 0 Å². The molecule has 0 N–H and O–H groups in total. The number of thiophene rings is 2. The van der Waals surface area contributed by atoms with E-state index in [9.17, 15) is 10.5 Å². The van der Waals surface area contributed by atoms with E-state index >= 15 is 0 Å². The lowest BCUT2D eigenvalue weighted by atomic mass is 9.86. The lowest BCUT2D eigenvalue weighted by Gasteiger charge is -2.25. The number of fused-ring (bicyclic) bond motifs is 17. The normalized spacial score (nSPS) is 11.9. The number of furan rings is 1. The standard InChI is InChI=1S/C74H40N4OS2/c75-41-58-65(44-21-6-2-7-22-44)59(42-76)69(78-70-54(37-36-53-50-27-12-16-33-63(50)80-73(53)70)67-55(43-19-4-1-5-20-43)40-57-51-28-13-17-34-64(51)81-74(57)71(67)78)66(45-23-8-3-9-24-45)68(58)77-60-31-14-10-25-48(60)56-39-46(35-38-61(56)77)47-29-18-30-52-49-26-11-15-32-62(49)79-72(47)52/h1-40H. The first-order valence-electron chi connectivity index (χ1n) is 27.0. The number of hydrogen-bond acceptors (Lipinski definition) is 5. The molecule has 17 rings (SSSR count). The van der Waals surface area contributed by atoms with E-state index in [1.165, 1.54) is 20.2 Å². The van der Waals surface area contributed by atoms with E-state index in [1.54, 1.807) is 22.7 Å². The van der Waals surface area contributed by atoms with E-state index in [-0.39, 0.29) is 0 Å². The minimum absolute atomic E-state index is 0.406. The highest BCUT2D eigenvalue weighted by Crippen LogP contribution is 2.54. The molecule has 0 amide bonds. The second-order valence-corrected chi connectivity index (χ2v) is 22.9. The molecule has 0 radical (unpaired) electrons. The molecule has 0 unspecified atom stereocenters. The molecule has 5 heterocycles. The zero-order chi connectivity index (χ0) is 53.4. The van der Waals surface area contributed by atoms with Crippen LogP contribution in [0.15, 0.2) is 247 Å². The molecule has 5 nitrogen and oxygen atoms in total. The zero-order valence-corrected chi connectivity index (χ0v) is 44.7. The number of rotatable bonds is 6. The fraction of sp³-hybridized carbons (Fsp3) is 0. The van der Waals surface area contributed by atoms with Crippen molar-refractivity contribution in [2.24, 2.45) is 0 Å². The van der Waals surface area contributed by atoms with Gasteiger partial charge in [0.25, 0.3) is 0 Å². The minimum atomic E-state index is 0.406. The summed E-state index contributed by atoms with van der Waals surface area (Å²) in [5.74, 6) is 0. The lowest BCUT2D eigenvalue weighted by Crippen LogP contribution is -2.11. The summed E-state index contributed by atoms with van der Waals surface area (Å²) in [4.78, 5) is 0. The van der Waals surface area contributed by atoms with E-state index < -0.39 is 0 Å². The Morgan fingerprint density at radius 3 is 1.59 bits per heavy atom. The van der Waals surface area contributed by atoms with E-state index in [0.29, 0.717) is 28.1 Å². The molecule has 7 heteroatoms. The highest BCUT2D eigenvalue weighted by atomic mass is 32.1. The summed E-state index contributed by atoms with van der Waals surface area (Å²) >= 11 is 3.59. The predicted octanol–water partition coefficient (Wildman–Crippen LogP) is 20.9. The Morgan fingerprint density at radius 2 is 0.889 bits per heavy atom. The molecule has 0 aliphatic heterocycles. The van der Waals surface area contributed by atoms with Crippen molar-refractivity contribution in [1.29, 1.82) is 10.5 Å². The van der Waals surface area contributed by atoms with E-state index in [2.05, 4.69) is 215 Å². The van der Waals surface area contributed by atoms with Gasteiger partial charge in [-0.25, -0.2) is 0 Å². The number of benzene rings is 12. The third-order valence-corrected chi connectivity index (χ3v) is 19.0. The average molecular weight is 1070 g/mol. The van der Waals surface area contributed by atoms with Crippen LogP contribution in [0, 0.1) is 22.7 Å². The summed E-state index contributed by atoms with van der Waals surface area (Å²) in [6.07, 6.45) is 0. The first-order valence-corrected chi connectivity index (χ1v) is 28.7. The van der Waals surface area contributed by atoms with Gasteiger partial charge in [0.05, 0.1) is 54.0 Å². The van der Waals surface area contributed by atoms with Crippen LogP contribution < -0.4 is 0 Å². The Bertz CT molecular complexity index is 5610. The van der Waals surface area contributed by atoms with Crippen LogP contribution in [0.5, 0.6) is 0 Å². The monoisotopic (exact) mass is 1060 g/mol. The van der Waals surface area contributed by atoms with Gasteiger partial charge in [-0.15, -0.1) is 22.7 Å². The summed E-state index contributed by atoms with van der Waals surface area (Å²) in [6, 6.07) is 91.2. The van der Waals surface area contributed by atoms with Gasteiger partial charge in [0, 0.05) is 80.0 Å². The zero-order valence-electron chi connectivity index (χ0n) is 43.1. The second-order valence-electron chi connectivity index (χ2n) is 20.8. The molecule has 0 aliphatic rings. The van der Waals surface area contributed by atoms with Gasteiger partial charge in [0.15, 0.2) is 0 Å². The SMILES string of the molecule is N#Cc1c(-c2ccccc2)c(C#N)c(-n2c3c(ccc4c5ccccc5sc43)c3c(-c4ccccc4)cc4c5ccccc5sc4c32)c(-c2ccccc2)c1-n1c2ccccc2c2cc(-c3cccc4c3oc3ccccc34)ccc21. The Hall–Kier alpha value is -10.5. The first-order chi connectivity index (χ1) is 40.1. The minimum Gasteiger partial charge on any atom is -0.455 e. The van der Waals surface area contributed by atoms with E-state index in [1.807, 2.05) is 48.5 Å². The molecule has 0 atom stereocenters. The number of para-hydroxylation sites is 3. The van der Waals surface area contributed by atoms with Crippen molar-refractivity contribution < 1.29 is 4.42 Å². The van der Waals surface area contributed by atoms with E-state index in [4.69, 9.17) is 4.42 Å². The van der Waals surface area contributed by atoms with Crippen LogP contribution in [0.2, 0.25) is 0 Å². The molecular formula is C74H40N4OS2. The molecule has 374 valence electrons. The van der Waals surface area contributed by atoms with Gasteiger partial charge in [0.1, 0.15) is 23.3 Å². The summed E-state index contributed by atoms with van der Waals surface area (Å²) in [5, 5.41) is 35.7. The first kappa shape index (κ1) is 45.5. The summed E-state index contributed by atoms with van der Waals surface area (Å²) < 4.78 is 16.0. The van der Waals surface area contributed by atoms with Gasteiger partial charge in [-0.1, -0.05) is 200 Å². The Kier molecular flexibility index (Phi) is 9.82. The van der Waals surface area contributed by atoms with Crippen molar-refractivity contribution in [3.05, 3.63) is 254 Å². The highest BCUT2D eigenvalue weighted by Gasteiger charge is 2.34. The van der Waals surface area contributed by atoms with Crippen LogP contribution in [-0.2, 0) is 0 Å². The molecule has 17 aromatic rings. The highest BCUT2D eigenvalue weighted by molar-refractivity contribution is 7.27. The molecule has 0 saturated carbocycles. The number of nitrogens with zero attached hydrogens (tertiary/aromatic N) is 4. The smallest absolute Gasteiger partial charge is 0.143 e. The fourth-order valence-electron chi connectivity index (χ4n) is 13.2. The van der Waals surface area contributed by atoms with Crippen LogP contribution in [0.4, 0.5) is 0 Å². The molecule has 12 aromatic carbocycles. The predicted molar refractivity (Wildman–Crippen MR) is 339 cm³/mol. The topological polar surface area (TPSA) is 70.6 Å². The third-order valence-electron chi connectivity index (χ3n) is 16.6. The summed E-state index contributed by atoms with van der Waals surface area (Å²) in [6.45, 7) is 0. The number of hydrogen-bond donors (Lipinski definition) is 0. The van der Waals surface area contributed by atoms with Crippen molar-refractivity contribution in [3.8, 4) is 68.0 Å². The fourth-order valence-corrected chi connectivity index (χ4v) is 15.7. The third kappa shape index (κ3) is 6.45. The summed E-state index contributed by atoms with van der Waals surface area (Å²) in [7, 11) is 0. The van der Waals surface area contributed by atoms with E-state index in [0.717, 1.165) is 125 Å². The molecular weight excluding hydrogens is 1020 g/mol. The van der Waals surface area contributed by atoms with Gasteiger partial charge in [-0.3, -0.25) is 0 Å². The Labute approximate surface area is 471 Å². The molecule has 0 aliphatic carbocycles. The quantitative estimate of drug-likeness (QED) is 0.167. The molecule has 0 spiro atoms.